The summed E-state index contributed by atoms with van der Waals surface area (Å²) in [6.07, 6.45) is 7.15. The smallest absolute Gasteiger partial charge is 0.228 e. The fraction of sp³-hybridized carbons (Fsp3) is 0.444. The fourth-order valence-corrected chi connectivity index (χ4v) is 3.03. The maximum Gasteiger partial charge on any atom is 0.228 e. The molecule has 1 fully saturated rings. The molecular weight excluding hydrogens is 274 g/mol. The fourth-order valence-electron chi connectivity index (χ4n) is 3.03. The molecule has 4 heteroatoms. The third-order valence-electron chi connectivity index (χ3n) is 4.46. The van der Waals surface area contributed by atoms with E-state index in [0.29, 0.717) is 6.54 Å². The van der Waals surface area contributed by atoms with Gasteiger partial charge in [-0.1, -0.05) is 44.0 Å². The third-order valence-corrected chi connectivity index (χ3v) is 4.46. The summed E-state index contributed by atoms with van der Waals surface area (Å²) >= 11 is 0. The Hall–Kier alpha value is -2.10. The largest absolute Gasteiger partial charge is 0.311 e. The molecule has 4 nitrogen and oxygen atoms in total. The lowest BCUT2D eigenvalue weighted by Crippen LogP contribution is -2.22. The van der Waals surface area contributed by atoms with Crippen molar-refractivity contribution in [2.45, 2.75) is 45.6 Å². The summed E-state index contributed by atoms with van der Waals surface area (Å²) in [6.45, 7) is 2.83. The van der Waals surface area contributed by atoms with Crippen LogP contribution in [0.25, 0.3) is 0 Å². The second-order valence-corrected chi connectivity index (χ2v) is 6.01. The highest BCUT2D eigenvalue weighted by molar-refractivity contribution is 5.91. The number of amides is 1. The highest BCUT2D eigenvalue weighted by Crippen LogP contribution is 2.26. The average molecular weight is 297 g/mol. The summed E-state index contributed by atoms with van der Waals surface area (Å²) in [6, 6.07) is 10.4. The molecule has 0 spiro atoms. The number of benzene rings is 1. The number of anilines is 1. The van der Waals surface area contributed by atoms with Gasteiger partial charge in [0.25, 0.3) is 0 Å². The number of rotatable bonds is 5. The molecule has 1 N–H and O–H groups in total. The first-order valence-corrected chi connectivity index (χ1v) is 8.16. The number of hydrogen-bond acceptors (Lipinski definition) is 2. The standard InChI is InChI=1S/C18H23N3O/c1-2-14-7-9-15(10-8-14)13-21-17(11-12-19-21)20-18(22)16-5-3-4-6-16/h7-12,16H,2-6,13H2,1H3,(H,20,22). The second-order valence-electron chi connectivity index (χ2n) is 6.01. The molecule has 0 atom stereocenters. The number of carbonyl (C=O) groups is 1. The Balaban J connectivity index is 1.67. The minimum atomic E-state index is 0.139. The van der Waals surface area contributed by atoms with Crippen molar-refractivity contribution in [3.8, 4) is 0 Å². The molecule has 1 heterocycles. The Morgan fingerprint density at radius 3 is 2.55 bits per heavy atom. The SMILES string of the molecule is CCc1ccc(Cn2nccc2NC(=O)C2CCCC2)cc1. The zero-order chi connectivity index (χ0) is 15.4. The Kier molecular flexibility index (Phi) is 4.56. The van der Waals surface area contributed by atoms with Gasteiger partial charge in [0.2, 0.25) is 5.91 Å². The number of nitrogens with one attached hydrogen (secondary N) is 1. The molecule has 116 valence electrons. The first kappa shape index (κ1) is 14.8. The molecule has 0 unspecified atom stereocenters. The molecule has 22 heavy (non-hydrogen) atoms. The van der Waals surface area contributed by atoms with Crippen LogP contribution in [0, 0.1) is 5.92 Å². The summed E-state index contributed by atoms with van der Waals surface area (Å²) in [7, 11) is 0. The van der Waals surface area contributed by atoms with Gasteiger partial charge >= 0.3 is 0 Å². The van der Waals surface area contributed by atoms with Crippen LogP contribution in [0.5, 0.6) is 0 Å². The van der Waals surface area contributed by atoms with Gasteiger partial charge in [0.15, 0.2) is 0 Å². The molecule has 1 aliphatic rings. The zero-order valence-electron chi connectivity index (χ0n) is 13.1. The second kappa shape index (κ2) is 6.77. The predicted octanol–water partition coefficient (Wildman–Crippen LogP) is 3.62. The van der Waals surface area contributed by atoms with E-state index in [-0.39, 0.29) is 11.8 Å². The first-order chi connectivity index (χ1) is 10.8. The molecule has 0 bridgehead atoms. The summed E-state index contributed by atoms with van der Waals surface area (Å²) in [5.74, 6) is 1.10. The molecule has 1 saturated carbocycles. The van der Waals surface area contributed by atoms with Crippen molar-refractivity contribution in [2.75, 3.05) is 5.32 Å². The van der Waals surface area contributed by atoms with Crippen LogP contribution in [-0.2, 0) is 17.8 Å². The van der Waals surface area contributed by atoms with Gasteiger partial charge in [-0.15, -0.1) is 0 Å². The van der Waals surface area contributed by atoms with E-state index in [9.17, 15) is 4.79 Å². The Bertz CT molecular complexity index is 624. The van der Waals surface area contributed by atoms with E-state index in [0.717, 1.165) is 25.1 Å². The van der Waals surface area contributed by atoms with Gasteiger partial charge in [-0.05, 0) is 30.4 Å². The summed E-state index contributed by atoms with van der Waals surface area (Å²) in [5.41, 5.74) is 2.52. The lowest BCUT2D eigenvalue weighted by atomic mass is 10.1. The summed E-state index contributed by atoms with van der Waals surface area (Å²) in [4.78, 5) is 12.2. The van der Waals surface area contributed by atoms with Gasteiger partial charge in [0, 0.05) is 12.0 Å². The lowest BCUT2D eigenvalue weighted by molar-refractivity contribution is -0.119. The van der Waals surface area contributed by atoms with Gasteiger partial charge < -0.3 is 5.32 Å². The highest BCUT2D eigenvalue weighted by atomic mass is 16.2. The van der Waals surface area contributed by atoms with E-state index < -0.39 is 0 Å². The Morgan fingerprint density at radius 2 is 1.86 bits per heavy atom. The molecule has 1 aromatic carbocycles. The molecule has 3 rings (SSSR count). The monoisotopic (exact) mass is 297 g/mol. The molecule has 1 aliphatic carbocycles. The Labute approximate surface area is 131 Å². The number of nitrogens with zero attached hydrogens (tertiary/aromatic N) is 2. The van der Waals surface area contributed by atoms with E-state index in [2.05, 4.69) is 41.6 Å². The highest BCUT2D eigenvalue weighted by Gasteiger charge is 2.23. The van der Waals surface area contributed by atoms with Gasteiger partial charge in [0.05, 0.1) is 12.7 Å². The third kappa shape index (κ3) is 3.38. The van der Waals surface area contributed by atoms with Crippen LogP contribution in [-0.4, -0.2) is 15.7 Å². The topological polar surface area (TPSA) is 46.9 Å². The van der Waals surface area contributed by atoms with Crippen molar-refractivity contribution in [3.05, 3.63) is 47.7 Å². The van der Waals surface area contributed by atoms with Crippen LogP contribution in [0.1, 0.15) is 43.7 Å². The van der Waals surface area contributed by atoms with Crippen LogP contribution in [0.3, 0.4) is 0 Å². The summed E-state index contributed by atoms with van der Waals surface area (Å²) in [5, 5.41) is 7.37. The maximum atomic E-state index is 12.2. The van der Waals surface area contributed by atoms with Crippen molar-refractivity contribution in [3.63, 3.8) is 0 Å². The van der Waals surface area contributed by atoms with Crippen molar-refractivity contribution in [1.29, 1.82) is 0 Å². The number of aromatic nitrogens is 2. The molecule has 1 aromatic heterocycles. The zero-order valence-corrected chi connectivity index (χ0v) is 13.1. The van der Waals surface area contributed by atoms with Gasteiger partial charge in [-0.2, -0.15) is 5.10 Å². The minimum absolute atomic E-state index is 0.139. The average Bonchev–Trinajstić information content (AvgIpc) is 3.20. The van der Waals surface area contributed by atoms with Crippen molar-refractivity contribution < 1.29 is 4.79 Å². The Morgan fingerprint density at radius 1 is 1.18 bits per heavy atom. The minimum Gasteiger partial charge on any atom is -0.311 e. The van der Waals surface area contributed by atoms with Gasteiger partial charge in [0.1, 0.15) is 5.82 Å². The molecule has 2 aromatic rings. The molecule has 0 saturated heterocycles. The summed E-state index contributed by atoms with van der Waals surface area (Å²) < 4.78 is 1.85. The lowest BCUT2D eigenvalue weighted by Gasteiger charge is -2.12. The number of carbonyl (C=O) groups excluding carboxylic acids is 1. The van der Waals surface area contributed by atoms with Gasteiger partial charge in [-0.3, -0.25) is 4.79 Å². The van der Waals surface area contributed by atoms with E-state index >= 15 is 0 Å². The van der Waals surface area contributed by atoms with Crippen molar-refractivity contribution >= 4 is 11.7 Å². The quantitative estimate of drug-likeness (QED) is 0.916. The van der Waals surface area contributed by atoms with E-state index in [1.165, 1.54) is 24.0 Å². The van der Waals surface area contributed by atoms with Crippen molar-refractivity contribution in [2.24, 2.45) is 5.92 Å². The number of aryl methyl sites for hydroxylation is 1. The molecular formula is C18H23N3O. The first-order valence-electron chi connectivity index (χ1n) is 8.16. The van der Waals surface area contributed by atoms with Crippen LogP contribution in [0.4, 0.5) is 5.82 Å². The predicted molar refractivity (Wildman–Crippen MR) is 87.7 cm³/mol. The van der Waals surface area contributed by atoms with Crippen molar-refractivity contribution in [1.82, 2.24) is 9.78 Å². The van der Waals surface area contributed by atoms with Crippen LogP contribution < -0.4 is 5.32 Å². The van der Waals surface area contributed by atoms with Crippen LogP contribution in [0.2, 0.25) is 0 Å². The van der Waals surface area contributed by atoms with E-state index in [1.54, 1.807) is 6.20 Å². The van der Waals surface area contributed by atoms with Gasteiger partial charge in [-0.25, -0.2) is 4.68 Å². The molecule has 1 amide bonds. The normalized spacial score (nSPS) is 15.1. The van der Waals surface area contributed by atoms with E-state index in [4.69, 9.17) is 0 Å². The van der Waals surface area contributed by atoms with E-state index in [1.807, 2.05) is 10.7 Å². The maximum absolute atomic E-state index is 12.2. The number of hydrogen-bond donors (Lipinski definition) is 1. The molecule has 0 aliphatic heterocycles. The van der Waals surface area contributed by atoms with Crippen LogP contribution in [0.15, 0.2) is 36.5 Å². The molecule has 0 radical (unpaired) electrons. The van der Waals surface area contributed by atoms with Crippen LogP contribution >= 0.6 is 0 Å².